The van der Waals surface area contributed by atoms with Crippen molar-refractivity contribution in [2.45, 2.75) is 19.5 Å². The van der Waals surface area contributed by atoms with Gasteiger partial charge in [-0.2, -0.15) is 0 Å². The van der Waals surface area contributed by atoms with E-state index < -0.39 is 23.7 Å². The average Bonchev–Trinajstić information content (AvgIpc) is 3.20. The highest BCUT2D eigenvalue weighted by atomic mass is 35.5. The van der Waals surface area contributed by atoms with Crippen LogP contribution in [0.5, 0.6) is 0 Å². The zero-order chi connectivity index (χ0) is 23.1. The molecule has 1 aromatic heterocycles. The molecule has 1 aliphatic heterocycles. The molecular weight excluding hydrogens is 444 g/mol. The summed E-state index contributed by atoms with van der Waals surface area (Å²) in [6.45, 7) is 2.06. The Hall–Kier alpha value is -3.64. The molecule has 1 N–H and O–H groups in total. The van der Waals surface area contributed by atoms with Crippen LogP contribution in [-0.2, 0) is 6.54 Å². The molecule has 2 heterocycles. The summed E-state index contributed by atoms with van der Waals surface area (Å²) in [4.78, 5) is 15.2. The minimum absolute atomic E-state index is 0.242. The zero-order valence-electron chi connectivity index (χ0n) is 17.7. The van der Waals surface area contributed by atoms with E-state index in [4.69, 9.17) is 11.6 Å². The lowest BCUT2D eigenvalue weighted by atomic mass is 10.0. The lowest BCUT2D eigenvalue weighted by Crippen LogP contribution is -2.38. The van der Waals surface area contributed by atoms with Gasteiger partial charge in [-0.05, 0) is 66.1 Å². The SMILES string of the molecule is Cc1c(Cl)cccc1NC(=O)N1Cc2ccccc2-n2cccc2[C@H]1c1cc(F)cc(F)c1. The van der Waals surface area contributed by atoms with Gasteiger partial charge in [-0.15, -0.1) is 0 Å². The number of fused-ring (bicyclic) bond motifs is 3. The van der Waals surface area contributed by atoms with E-state index in [1.807, 2.05) is 54.1 Å². The molecule has 0 unspecified atom stereocenters. The molecule has 5 rings (SSSR count). The van der Waals surface area contributed by atoms with Crippen LogP contribution in [0.2, 0.25) is 5.02 Å². The fourth-order valence-corrected chi connectivity index (χ4v) is 4.53. The normalized spacial score (nSPS) is 14.9. The lowest BCUT2D eigenvalue weighted by Gasteiger charge is -2.31. The second-order valence-electron chi connectivity index (χ2n) is 8.01. The number of carbonyl (C=O) groups excluding carboxylic acids is 1. The number of anilines is 1. The first-order valence-corrected chi connectivity index (χ1v) is 10.8. The van der Waals surface area contributed by atoms with Crippen LogP contribution < -0.4 is 5.32 Å². The fourth-order valence-electron chi connectivity index (χ4n) is 4.35. The summed E-state index contributed by atoms with van der Waals surface area (Å²) in [6, 6.07) is 19.0. The molecule has 33 heavy (non-hydrogen) atoms. The Bertz CT molecular complexity index is 1350. The average molecular weight is 464 g/mol. The van der Waals surface area contributed by atoms with Gasteiger partial charge >= 0.3 is 6.03 Å². The summed E-state index contributed by atoms with van der Waals surface area (Å²) in [6.07, 6.45) is 1.89. The smallest absolute Gasteiger partial charge is 0.318 e. The van der Waals surface area contributed by atoms with E-state index in [9.17, 15) is 13.6 Å². The molecule has 1 aliphatic rings. The summed E-state index contributed by atoms with van der Waals surface area (Å²) in [5.74, 6) is -1.40. The molecule has 0 aliphatic carbocycles. The van der Waals surface area contributed by atoms with Crippen LogP contribution in [0.1, 0.15) is 28.4 Å². The highest BCUT2D eigenvalue weighted by Gasteiger charge is 2.33. The maximum Gasteiger partial charge on any atom is 0.322 e. The van der Waals surface area contributed by atoms with Gasteiger partial charge in [0, 0.05) is 28.7 Å². The second kappa shape index (κ2) is 8.37. The number of urea groups is 1. The van der Waals surface area contributed by atoms with Gasteiger partial charge in [0.2, 0.25) is 0 Å². The number of nitrogens with one attached hydrogen (secondary N) is 1. The zero-order valence-corrected chi connectivity index (χ0v) is 18.5. The van der Waals surface area contributed by atoms with Crippen molar-refractivity contribution in [3.63, 3.8) is 0 Å². The molecule has 1 atom stereocenters. The summed E-state index contributed by atoms with van der Waals surface area (Å²) in [7, 11) is 0. The summed E-state index contributed by atoms with van der Waals surface area (Å²) < 4.78 is 30.4. The standard InChI is InChI=1S/C26H20ClF2N3O/c1-16-21(27)7-4-8-22(16)30-26(33)32-15-17-6-2-3-9-23(17)31-11-5-10-24(31)25(32)18-12-19(28)14-20(29)13-18/h2-14,25H,15H2,1H3,(H,30,33)/t25-/m1/s1. The van der Waals surface area contributed by atoms with E-state index in [1.54, 1.807) is 23.1 Å². The molecule has 4 nitrogen and oxygen atoms in total. The van der Waals surface area contributed by atoms with Crippen LogP contribution in [-0.4, -0.2) is 15.5 Å². The molecule has 3 aromatic carbocycles. The van der Waals surface area contributed by atoms with Gasteiger partial charge in [0.1, 0.15) is 11.6 Å². The van der Waals surface area contributed by atoms with Crippen LogP contribution in [0.4, 0.5) is 19.3 Å². The number of hydrogen-bond donors (Lipinski definition) is 1. The Morgan fingerprint density at radius 1 is 1.00 bits per heavy atom. The monoisotopic (exact) mass is 463 g/mol. The van der Waals surface area contributed by atoms with Crippen molar-refractivity contribution in [1.29, 1.82) is 0 Å². The maximum atomic E-state index is 14.2. The van der Waals surface area contributed by atoms with E-state index in [0.717, 1.165) is 28.6 Å². The highest BCUT2D eigenvalue weighted by molar-refractivity contribution is 6.31. The van der Waals surface area contributed by atoms with Crippen molar-refractivity contribution in [3.05, 3.63) is 118 Å². The first-order valence-electron chi connectivity index (χ1n) is 10.5. The first-order chi connectivity index (χ1) is 15.9. The number of para-hydroxylation sites is 1. The predicted molar refractivity (Wildman–Crippen MR) is 125 cm³/mol. The number of nitrogens with zero attached hydrogens (tertiary/aromatic N) is 2. The first kappa shape index (κ1) is 21.2. The number of carbonyl (C=O) groups is 1. The molecule has 4 aromatic rings. The van der Waals surface area contributed by atoms with Crippen LogP contribution in [0.15, 0.2) is 79.0 Å². The topological polar surface area (TPSA) is 37.3 Å². The predicted octanol–water partition coefficient (Wildman–Crippen LogP) is 6.85. The van der Waals surface area contributed by atoms with E-state index in [0.29, 0.717) is 16.3 Å². The third-order valence-electron chi connectivity index (χ3n) is 5.93. The largest absolute Gasteiger partial charge is 0.322 e. The van der Waals surface area contributed by atoms with Crippen LogP contribution >= 0.6 is 11.6 Å². The maximum absolute atomic E-state index is 14.2. The number of hydrogen-bond acceptors (Lipinski definition) is 1. The van der Waals surface area contributed by atoms with Gasteiger partial charge < -0.3 is 14.8 Å². The molecule has 7 heteroatoms. The summed E-state index contributed by atoms with van der Waals surface area (Å²) in [5.41, 5.74) is 4.20. The third kappa shape index (κ3) is 3.87. The summed E-state index contributed by atoms with van der Waals surface area (Å²) in [5, 5.41) is 3.47. The number of halogens is 3. The van der Waals surface area contributed by atoms with Gasteiger partial charge in [0.15, 0.2) is 0 Å². The van der Waals surface area contributed by atoms with Gasteiger partial charge in [0.05, 0.1) is 18.3 Å². The van der Waals surface area contributed by atoms with E-state index >= 15 is 0 Å². The van der Waals surface area contributed by atoms with E-state index in [2.05, 4.69) is 5.32 Å². The Kier molecular flexibility index (Phi) is 5.38. The van der Waals surface area contributed by atoms with Crippen molar-refractivity contribution in [2.24, 2.45) is 0 Å². The number of rotatable bonds is 2. The van der Waals surface area contributed by atoms with Crippen molar-refractivity contribution < 1.29 is 13.6 Å². The van der Waals surface area contributed by atoms with Crippen molar-refractivity contribution in [1.82, 2.24) is 9.47 Å². The van der Waals surface area contributed by atoms with Gasteiger partial charge in [-0.1, -0.05) is 35.9 Å². The van der Waals surface area contributed by atoms with E-state index in [1.165, 1.54) is 12.1 Å². The van der Waals surface area contributed by atoms with Gasteiger partial charge in [0.25, 0.3) is 0 Å². The van der Waals surface area contributed by atoms with Crippen molar-refractivity contribution >= 4 is 23.3 Å². The molecule has 0 saturated carbocycles. The Balaban J connectivity index is 1.66. The minimum Gasteiger partial charge on any atom is -0.318 e. The van der Waals surface area contributed by atoms with Crippen LogP contribution in [0, 0.1) is 18.6 Å². The van der Waals surface area contributed by atoms with Crippen molar-refractivity contribution in [3.8, 4) is 5.69 Å². The van der Waals surface area contributed by atoms with Gasteiger partial charge in [-0.3, -0.25) is 0 Å². The van der Waals surface area contributed by atoms with Crippen LogP contribution in [0.3, 0.4) is 0 Å². The molecule has 2 amide bonds. The Morgan fingerprint density at radius 3 is 2.55 bits per heavy atom. The molecule has 0 saturated heterocycles. The number of benzene rings is 3. The summed E-state index contributed by atoms with van der Waals surface area (Å²) >= 11 is 6.24. The molecule has 0 radical (unpaired) electrons. The van der Waals surface area contributed by atoms with Gasteiger partial charge in [-0.25, -0.2) is 13.6 Å². The van der Waals surface area contributed by atoms with Crippen molar-refractivity contribution in [2.75, 3.05) is 5.32 Å². The number of aromatic nitrogens is 1. The Morgan fingerprint density at radius 2 is 1.76 bits per heavy atom. The molecule has 0 spiro atoms. The minimum atomic E-state index is -0.725. The highest BCUT2D eigenvalue weighted by Crippen LogP contribution is 2.37. The molecule has 166 valence electrons. The fraction of sp³-hybridized carbons (Fsp3) is 0.115. The molecule has 0 fully saturated rings. The quantitative estimate of drug-likeness (QED) is 0.346. The Labute approximate surface area is 195 Å². The molecular formula is C26H20ClF2N3O. The molecule has 0 bridgehead atoms. The van der Waals surface area contributed by atoms with E-state index in [-0.39, 0.29) is 6.54 Å². The third-order valence-corrected chi connectivity index (χ3v) is 6.34. The number of amides is 2. The lowest BCUT2D eigenvalue weighted by molar-refractivity contribution is 0.194. The van der Waals surface area contributed by atoms with Crippen LogP contribution in [0.25, 0.3) is 5.69 Å². The second-order valence-corrected chi connectivity index (χ2v) is 8.41.